The van der Waals surface area contributed by atoms with Crippen LogP contribution in [0.2, 0.25) is 0 Å². The lowest BCUT2D eigenvalue weighted by Crippen LogP contribution is -2.43. The highest BCUT2D eigenvalue weighted by atomic mass is 16.5. The first-order chi connectivity index (χ1) is 12.1. The van der Waals surface area contributed by atoms with Crippen LogP contribution in [0, 0.1) is 0 Å². The van der Waals surface area contributed by atoms with Gasteiger partial charge in [-0.2, -0.15) is 0 Å². The standard InChI is InChI=1S/C19H25N3O3/c1-25-15-9-7-14(8-10-15)21-19(24)18(13-4-2-5-13)16-6-3-11-22(16)17(23)12-20/h7-10,16H,2-6,11-12,20H2,1H3,(H,21,24). The number of rotatable bonds is 5. The lowest BCUT2D eigenvalue weighted by Gasteiger charge is -2.31. The van der Waals surface area contributed by atoms with Gasteiger partial charge in [0.05, 0.1) is 19.7 Å². The van der Waals surface area contributed by atoms with Crippen molar-refractivity contribution < 1.29 is 14.3 Å². The Labute approximate surface area is 148 Å². The number of nitrogens with two attached hydrogens (primary N) is 1. The van der Waals surface area contributed by atoms with Crippen LogP contribution < -0.4 is 15.8 Å². The largest absolute Gasteiger partial charge is 0.497 e. The number of anilines is 1. The normalized spacial score (nSPS) is 19.4. The molecule has 3 rings (SSSR count). The van der Waals surface area contributed by atoms with Gasteiger partial charge in [0.15, 0.2) is 0 Å². The number of methoxy groups -OCH3 is 1. The molecule has 25 heavy (non-hydrogen) atoms. The first-order valence-electron chi connectivity index (χ1n) is 8.81. The predicted molar refractivity (Wildman–Crippen MR) is 96.3 cm³/mol. The van der Waals surface area contributed by atoms with Crippen LogP contribution in [-0.2, 0) is 9.59 Å². The Bertz CT molecular complexity index is 676. The van der Waals surface area contributed by atoms with E-state index in [1.165, 1.54) is 5.57 Å². The number of carbonyl (C=O) groups is 2. The molecule has 1 aromatic carbocycles. The third-order valence-electron chi connectivity index (χ3n) is 5.01. The van der Waals surface area contributed by atoms with Gasteiger partial charge in [-0.15, -0.1) is 0 Å². The number of ether oxygens (including phenoxy) is 1. The summed E-state index contributed by atoms with van der Waals surface area (Å²) in [5.41, 5.74) is 8.20. The Morgan fingerprint density at radius 1 is 1.24 bits per heavy atom. The molecule has 2 amide bonds. The zero-order valence-electron chi connectivity index (χ0n) is 14.6. The Morgan fingerprint density at radius 3 is 2.52 bits per heavy atom. The van der Waals surface area contributed by atoms with Crippen molar-refractivity contribution in [1.29, 1.82) is 0 Å². The summed E-state index contributed by atoms with van der Waals surface area (Å²) in [6.07, 6.45) is 4.70. The molecule has 1 aliphatic heterocycles. The average molecular weight is 343 g/mol. The molecule has 0 aromatic heterocycles. The smallest absolute Gasteiger partial charge is 0.253 e. The second-order valence-electron chi connectivity index (χ2n) is 6.50. The van der Waals surface area contributed by atoms with E-state index in [0.29, 0.717) is 6.54 Å². The number of amides is 2. The van der Waals surface area contributed by atoms with Crippen molar-refractivity contribution in [3.05, 3.63) is 35.4 Å². The van der Waals surface area contributed by atoms with Crippen molar-refractivity contribution >= 4 is 17.5 Å². The topological polar surface area (TPSA) is 84.7 Å². The summed E-state index contributed by atoms with van der Waals surface area (Å²) in [6, 6.07) is 7.11. The Kier molecular flexibility index (Phi) is 5.38. The highest BCUT2D eigenvalue weighted by Gasteiger charge is 2.36. The average Bonchev–Trinajstić information content (AvgIpc) is 3.06. The lowest BCUT2D eigenvalue weighted by molar-refractivity contribution is -0.130. The maximum atomic E-state index is 13.0. The fourth-order valence-corrected chi connectivity index (χ4v) is 3.53. The molecular weight excluding hydrogens is 318 g/mol. The SMILES string of the molecule is COc1ccc(NC(=O)C(=C2CCC2)C2CCCN2C(=O)CN)cc1. The number of hydrogen-bond donors (Lipinski definition) is 2. The zero-order chi connectivity index (χ0) is 17.8. The fourth-order valence-electron chi connectivity index (χ4n) is 3.53. The molecular formula is C19H25N3O3. The molecule has 1 heterocycles. The van der Waals surface area contributed by atoms with Gasteiger partial charge in [0.25, 0.3) is 5.91 Å². The summed E-state index contributed by atoms with van der Waals surface area (Å²) < 4.78 is 5.14. The van der Waals surface area contributed by atoms with Crippen LogP contribution >= 0.6 is 0 Å². The molecule has 1 aromatic rings. The van der Waals surface area contributed by atoms with Gasteiger partial charge in [-0.05, 0) is 56.4 Å². The minimum atomic E-state index is -0.149. The molecule has 1 saturated carbocycles. The Balaban J connectivity index is 1.81. The van der Waals surface area contributed by atoms with E-state index in [0.717, 1.165) is 49.1 Å². The fraction of sp³-hybridized carbons (Fsp3) is 0.474. The number of benzene rings is 1. The van der Waals surface area contributed by atoms with Crippen LogP contribution in [0.25, 0.3) is 0 Å². The van der Waals surface area contributed by atoms with Crippen LogP contribution in [0.4, 0.5) is 5.69 Å². The molecule has 6 heteroatoms. The lowest BCUT2D eigenvalue weighted by atomic mass is 9.84. The molecule has 0 bridgehead atoms. The van der Waals surface area contributed by atoms with E-state index in [1.54, 1.807) is 12.0 Å². The number of carbonyl (C=O) groups excluding carboxylic acids is 2. The van der Waals surface area contributed by atoms with Crippen molar-refractivity contribution in [3.8, 4) is 5.75 Å². The number of nitrogens with one attached hydrogen (secondary N) is 1. The van der Waals surface area contributed by atoms with E-state index in [2.05, 4.69) is 5.32 Å². The number of nitrogens with zero attached hydrogens (tertiary/aromatic N) is 1. The number of likely N-dealkylation sites (tertiary alicyclic amines) is 1. The number of hydrogen-bond acceptors (Lipinski definition) is 4. The summed E-state index contributed by atoms with van der Waals surface area (Å²) in [5, 5.41) is 2.98. The van der Waals surface area contributed by atoms with E-state index in [9.17, 15) is 9.59 Å². The Hall–Kier alpha value is -2.34. The maximum Gasteiger partial charge on any atom is 0.253 e. The van der Waals surface area contributed by atoms with Crippen LogP contribution in [0.5, 0.6) is 5.75 Å². The predicted octanol–water partition coefficient (Wildman–Crippen LogP) is 2.06. The van der Waals surface area contributed by atoms with E-state index in [1.807, 2.05) is 24.3 Å². The van der Waals surface area contributed by atoms with E-state index < -0.39 is 0 Å². The quantitative estimate of drug-likeness (QED) is 0.802. The molecule has 2 aliphatic rings. The Morgan fingerprint density at radius 2 is 1.96 bits per heavy atom. The van der Waals surface area contributed by atoms with E-state index in [-0.39, 0.29) is 24.4 Å². The van der Waals surface area contributed by atoms with Crippen molar-refractivity contribution in [3.63, 3.8) is 0 Å². The highest BCUT2D eigenvalue weighted by Crippen LogP contribution is 2.35. The molecule has 0 spiro atoms. The van der Waals surface area contributed by atoms with Gasteiger partial charge in [-0.3, -0.25) is 9.59 Å². The van der Waals surface area contributed by atoms with Gasteiger partial charge in [0.1, 0.15) is 5.75 Å². The van der Waals surface area contributed by atoms with E-state index in [4.69, 9.17) is 10.5 Å². The van der Waals surface area contributed by atoms with Gasteiger partial charge >= 0.3 is 0 Å². The zero-order valence-corrected chi connectivity index (χ0v) is 14.6. The maximum absolute atomic E-state index is 13.0. The third kappa shape index (κ3) is 3.69. The van der Waals surface area contributed by atoms with Gasteiger partial charge in [0.2, 0.25) is 5.91 Å². The van der Waals surface area contributed by atoms with Gasteiger partial charge in [-0.25, -0.2) is 0 Å². The summed E-state index contributed by atoms with van der Waals surface area (Å²) >= 11 is 0. The molecule has 2 fully saturated rings. The van der Waals surface area contributed by atoms with Crippen molar-refractivity contribution in [2.24, 2.45) is 5.73 Å². The first kappa shape index (κ1) is 17.5. The van der Waals surface area contributed by atoms with Crippen molar-refractivity contribution in [2.45, 2.75) is 38.1 Å². The van der Waals surface area contributed by atoms with Gasteiger partial charge in [0, 0.05) is 17.8 Å². The monoisotopic (exact) mass is 343 g/mol. The van der Waals surface area contributed by atoms with Crippen molar-refractivity contribution in [2.75, 3.05) is 25.5 Å². The third-order valence-corrected chi connectivity index (χ3v) is 5.01. The molecule has 1 saturated heterocycles. The van der Waals surface area contributed by atoms with E-state index >= 15 is 0 Å². The molecule has 134 valence electrons. The molecule has 6 nitrogen and oxygen atoms in total. The van der Waals surface area contributed by atoms with Crippen LogP contribution in [-0.4, -0.2) is 43.0 Å². The number of allylic oxidation sites excluding steroid dienone is 1. The second-order valence-corrected chi connectivity index (χ2v) is 6.50. The highest BCUT2D eigenvalue weighted by molar-refractivity contribution is 6.05. The summed E-state index contributed by atoms with van der Waals surface area (Å²) in [5.74, 6) is 0.546. The molecule has 0 radical (unpaired) electrons. The summed E-state index contributed by atoms with van der Waals surface area (Å²) in [4.78, 5) is 26.9. The molecule has 1 aliphatic carbocycles. The van der Waals surface area contributed by atoms with Crippen LogP contribution in [0.3, 0.4) is 0 Å². The molecule has 1 atom stereocenters. The van der Waals surface area contributed by atoms with Crippen molar-refractivity contribution in [1.82, 2.24) is 4.90 Å². The summed E-state index contributed by atoms with van der Waals surface area (Å²) in [7, 11) is 1.61. The first-order valence-corrected chi connectivity index (χ1v) is 8.81. The van der Waals surface area contributed by atoms with Crippen LogP contribution in [0.1, 0.15) is 32.1 Å². The van der Waals surface area contributed by atoms with Gasteiger partial charge in [-0.1, -0.05) is 5.57 Å². The molecule has 1 unspecified atom stereocenters. The molecule has 3 N–H and O–H groups in total. The van der Waals surface area contributed by atoms with Gasteiger partial charge < -0.3 is 20.7 Å². The minimum Gasteiger partial charge on any atom is -0.497 e. The minimum absolute atomic E-state index is 0.0147. The second kappa shape index (κ2) is 7.70. The summed E-state index contributed by atoms with van der Waals surface area (Å²) in [6.45, 7) is 0.659. The van der Waals surface area contributed by atoms with Crippen LogP contribution in [0.15, 0.2) is 35.4 Å².